The topological polar surface area (TPSA) is 59.8 Å². The zero-order valence-corrected chi connectivity index (χ0v) is 17.5. The van der Waals surface area contributed by atoms with E-state index in [0.717, 1.165) is 24.5 Å². The van der Waals surface area contributed by atoms with Crippen LogP contribution >= 0.6 is 0 Å². The van der Waals surface area contributed by atoms with E-state index in [4.69, 9.17) is 0 Å². The van der Waals surface area contributed by atoms with Crippen LogP contribution in [-0.2, 0) is 21.7 Å². The number of rotatable bonds is 2. The van der Waals surface area contributed by atoms with Crippen LogP contribution in [0, 0.1) is 39.8 Å². The summed E-state index contributed by atoms with van der Waals surface area (Å²) in [6.07, 6.45) is 0. The molecule has 2 N–H and O–H groups in total. The maximum atomic E-state index is 3.74. The number of hydrogen-bond donors (Lipinski definition) is 2. The van der Waals surface area contributed by atoms with Gasteiger partial charge in [0.2, 0.25) is 0 Å². The SMILES string of the molecule is CC[N-]C.CC[N-]C.Cc1[c-]cc(C)[nH]1.Cc1[c-]cc(C)[nH]1.[Ti+4]. The Morgan fingerprint density at radius 1 is 0.783 bits per heavy atom. The monoisotopic (exact) mass is 352 g/mol. The third kappa shape index (κ3) is 21.2. The Morgan fingerprint density at radius 2 is 1.04 bits per heavy atom. The van der Waals surface area contributed by atoms with Crippen LogP contribution in [0.4, 0.5) is 0 Å². The molecule has 0 aliphatic carbocycles. The minimum absolute atomic E-state index is 0. The first kappa shape index (κ1) is 27.1. The van der Waals surface area contributed by atoms with Crippen molar-refractivity contribution in [3.63, 3.8) is 0 Å². The van der Waals surface area contributed by atoms with E-state index in [0.29, 0.717) is 0 Å². The molecule has 0 atom stereocenters. The Labute approximate surface area is 158 Å². The van der Waals surface area contributed by atoms with E-state index in [2.05, 4.69) is 32.7 Å². The summed E-state index contributed by atoms with van der Waals surface area (Å²) in [4.78, 5) is 6.17. The zero-order chi connectivity index (χ0) is 17.4. The van der Waals surface area contributed by atoms with E-state index < -0.39 is 0 Å². The predicted octanol–water partition coefficient (Wildman–Crippen LogP) is 4.88. The fourth-order valence-corrected chi connectivity index (χ4v) is 1.17. The Hall–Kier alpha value is -0.806. The van der Waals surface area contributed by atoms with Crippen molar-refractivity contribution in [2.45, 2.75) is 41.5 Å². The van der Waals surface area contributed by atoms with Gasteiger partial charge in [0.1, 0.15) is 0 Å². The van der Waals surface area contributed by atoms with Crippen LogP contribution in [0.3, 0.4) is 0 Å². The maximum absolute atomic E-state index is 3.74. The number of aromatic amines is 2. The molecule has 5 heteroatoms. The minimum atomic E-state index is 0. The Balaban J connectivity index is -0.000000238. The Bertz CT molecular complexity index is 370. The van der Waals surface area contributed by atoms with Gasteiger partial charge in [0.15, 0.2) is 0 Å². The van der Waals surface area contributed by atoms with Gasteiger partial charge in [-0.2, -0.15) is 27.2 Å². The smallest absolute Gasteiger partial charge is 0.665 e. The third-order valence-corrected chi connectivity index (χ3v) is 2.41. The second-order valence-corrected chi connectivity index (χ2v) is 4.71. The summed E-state index contributed by atoms with van der Waals surface area (Å²) in [5, 5.41) is 7.47. The van der Waals surface area contributed by atoms with E-state index in [9.17, 15) is 0 Å². The standard InChI is InChI=1S/2C6H8N.2C3H8N.Ti/c2*1-5-3-4-6(2)7-5;2*1-3-4-2;/h2*3,7H,1-2H3;2*3H2,1-2H3;/q4*-1;+4. The minimum Gasteiger partial charge on any atom is -0.665 e. The van der Waals surface area contributed by atoms with Gasteiger partial charge >= 0.3 is 21.7 Å². The Kier molecular flexibility index (Phi) is 22.6. The molecule has 0 radical (unpaired) electrons. The summed E-state index contributed by atoms with van der Waals surface area (Å²) in [6, 6.07) is 9.91. The van der Waals surface area contributed by atoms with Gasteiger partial charge in [-0.3, -0.25) is 0 Å². The maximum Gasteiger partial charge on any atom is 4.00 e. The molecule has 0 saturated carbocycles. The number of nitrogens with zero attached hydrogens (tertiary/aromatic N) is 2. The molecule has 0 aliphatic heterocycles. The van der Waals surface area contributed by atoms with Crippen LogP contribution in [0.2, 0.25) is 0 Å². The molecule has 23 heavy (non-hydrogen) atoms. The molecule has 4 nitrogen and oxygen atoms in total. The average molecular weight is 352 g/mol. The first-order chi connectivity index (χ1) is 10.4. The van der Waals surface area contributed by atoms with Crippen LogP contribution < -0.4 is 0 Å². The van der Waals surface area contributed by atoms with E-state index in [1.807, 2.05) is 53.7 Å². The van der Waals surface area contributed by atoms with Gasteiger partial charge < -0.3 is 20.6 Å². The first-order valence-electron chi connectivity index (χ1n) is 7.60. The van der Waals surface area contributed by atoms with Crippen LogP contribution in [-0.4, -0.2) is 37.2 Å². The summed E-state index contributed by atoms with van der Waals surface area (Å²) in [6.45, 7) is 13.9. The normalized spacial score (nSPS) is 8.35. The predicted molar refractivity (Wildman–Crippen MR) is 97.9 cm³/mol. The molecule has 2 aromatic heterocycles. The quantitative estimate of drug-likeness (QED) is 0.572. The van der Waals surface area contributed by atoms with Gasteiger partial charge in [-0.1, -0.05) is 39.1 Å². The van der Waals surface area contributed by atoms with E-state index in [1.54, 1.807) is 14.1 Å². The van der Waals surface area contributed by atoms with Gasteiger partial charge in [-0.05, 0) is 13.8 Å². The molecule has 2 aromatic rings. The van der Waals surface area contributed by atoms with Gasteiger partial charge in [0, 0.05) is 0 Å². The van der Waals surface area contributed by atoms with Crippen LogP contribution in [0.25, 0.3) is 10.6 Å². The number of H-pyrrole nitrogens is 2. The molecule has 0 amide bonds. The van der Waals surface area contributed by atoms with Crippen molar-refractivity contribution in [1.29, 1.82) is 0 Å². The molecule has 0 spiro atoms. The van der Waals surface area contributed by atoms with E-state index in [-0.39, 0.29) is 21.7 Å². The van der Waals surface area contributed by atoms with Crippen molar-refractivity contribution in [2.75, 3.05) is 27.2 Å². The van der Waals surface area contributed by atoms with E-state index in [1.165, 1.54) is 11.4 Å². The summed E-state index contributed by atoms with van der Waals surface area (Å²) in [5.74, 6) is 0. The van der Waals surface area contributed by atoms with Gasteiger partial charge in [0.25, 0.3) is 0 Å². The Morgan fingerprint density at radius 3 is 1.09 bits per heavy atom. The van der Waals surface area contributed by atoms with Crippen molar-refractivity contribution in [2.24, 2.45) is 0 Å². The van der Waals surface area contributed by atoms with Crippen LogP contribution in [0.1, 0.15) is 36.6 Å². The summed E-state index contributed by atoms with van der Waals surface area (Å²) < 4.78 is 0. The summed E-state index contributed by atoms with van der Waals surface area (Å²) in [7, 11) is 3.61. The number of aromatic nitrogens is 2. The molecular weight excluding hydrogens is 320 g/mol. The molecule has 0 aliphatic rings. The molecule has 2 heterocycles. The van der Waals surface area contributed by atoms with Crippen molar-refractivity contribution < 1.29 is 21.7 Å². The number of nitrogens with one attached hydrogen (secondary N) is 2. The number of hydrogen-bond acceptors (Lipinski definition) is 0. The molecule has 0 bridgehead atoms. The average Bonchev–Trinajstić information content (AvgIpc) is 3.07. The number of aryl methyl sites for hydroxylation is 4. The molecule has 2 rings (SSSR count). The van der Waals surface area contributed by atoms with Gasteiger partial charge in [-0.15, -0.1) is 11.4 Å². The van der Waals surface area contributed by atoms with Gasteiger partial charge in [-0.25, -0.2) is 24.3 Å². The molecule has 0 saturated heterocycles. The zero-order valence-electron chi connectivity index (χ0n) is 16.0. The molecular formula is C18H32N4Ti. The molecule has 0 unspecified atom stereocenters. The molecule has 0 aromatic carbocycles. The summed E-state index contributed by atoms with van der Waals surface area (Å²) in [5.41, 5.74) is 4.57. The fourth-order valence-electron chi connectivity index (χ4n) is 1.17. The van der Waals surface area contributed by atoms with Crippen LogP contribution in [0.5, 0.6) is 0 Å². The van der Waals surface area contributed by atoms with Crippen molar-refractivity contribution in [3.8, 4) is 0 Å². The van der Waals surface area contributed by atoms with Crippen molar-refractivity contribution in [3.05, 3.63) is 57.7 Å². The third-order valence-electron chi connectivity index (χ3n) is 2.41. The van der Waals surface area contributed by atoms with Crippen molar-refractivity contribution in [1.82, 2.24) is 9.97 Å². The molecule has 128 valence electrons. The van der Waals surface area contributed by atoms with E-state index >= 15 is 0 Å². The van der Waals surface area contributed by atoms with Gasteiger partial charge in [0.05, 0.1) is 0 Å². The molecule has 0 fully saturated rings. The summed E-state index contributed by atoms with van der Waals surface area (Å²) >= 11 is 0. The first-order valence-corrected chi connectivity index (χ1v) is 7.60. The second kappa shape index (κ2) is 19.2. The van der Waals surface area contributed by atoms with Crippen molar-refractivity contribution >= 4 is 0 Å². The second-order valence-electron chi connectivity index (χ2n) is 4.71. The van der Waals surface area contributed by atoms with Crippen LogP contribution in [0.15, 0.2) is 12.1 Å². The fraction of sp³-hybridized carbons (Fsp3) is 0.556. The largest absolute Gasteiger partial charge is 4.00 e.